The number of carbonyl (C=O) groups excluding carboxylic acids is 1. The summed E-state index contributed by atoms with van der Waals surface area (Å²) in [7, 11) is 0. The molecule has 0 aliphatic carbocycles. The van der Waals surface area contributed by atoms with E-state index in [0.717, 1.165) is 30.0 Å². The zero-order chi connectivity index (χ0) is 16.4. The Hall–Kier alpha value is -1.95. The normalized spacial score (nSPS) is 18.4. The molecule has 2 aromatic heterocycles. The summed E-state index contributed by atoms with van der Waals surface area (Å²) in [6, 6.07) is 7.27. The zero-order valence-corrected chi connectivity index (χ0v) is 14.3. The van der Waals surface area contributed by atoms with Gasteiger partial charge in [-0.05, 0) is 30.4 Å². The lowest BCUT2D eigenvalue weighted by molar-refractivity contribution is -0.136. The van der Waals surface area contributed by atoms with Crippen molar-refractivity contribution < 1.29 is 4.79 Å². The molecule has 0 unspecified atom stereocenters. The molecule has 1 aliphatic heterocycles. The van der Waals surface area contributed by atoms with E-state index in [2.05, 4.69) is 5.10 Å². The number of aromatic nitrogens is 2. The minimum atomic E-state index is -0.103. The molecule has 0 saturated carbocycles. The Balaban J connectivity index is 1.87. The van der Waals surface area contributed by atoms with Crippen LogP contribution in [0.25, 0.3) is 10.6 Å². The second-order valence-electron chi connectivity index (χ2n) is 6.21. The number of piperidine rings is 1. The Bertz CT molecular complexity index is 737. The molecule has 1 fully saturated rings. The van der Waals surface area contributed by atoms with Crippen molar-refractivity contribution in [1.29, 1.82) is 0 Å². The third-order valence-electron chi connectivity index (χ3n) is 4.15. The fraction of sp³-hybridized carbons (Fsp3) is 0.471. The van der Waals surface area contributed by atoms with Gasteiger partial charge in [-0.25, -0.2) is 4.68 Å². The first-order chi connectivity index (χ1) is 11.1. The van der Waals surface area contributed by atoms with Crippen molar-refractivity contribution in [1.82, 2.24) is 14.7 Å². The molecule has 0 radical (unpaired) electrons. The Morgan fingerprint density at radius 1 is 1.35 bits per heavy atom. The molecular weight excluding hydrogens is 310 g/mol. The number of amides is 1. The summed E-state index contributed by atoms with van der Waals surface area (Å²) in [5, 5.41) is 6.55. The SMILES string of the molecule is CC(C)C(=O)N1CCC[C@@H](n2nc(-c3cccs3)ccc2=O)C1. The first-order valence-corrected chi connectivity index (χ1v) is 8.87. The standard InChI is InChI=1S/C17H21N3O2S/c1-12(2)17(22)19-9-3-5-13(11-19)20-16(21)8-7-14(18-20)15-6-4-10-23-15/h4,6-8,10,12-13H,3,5,9,11H2,1-2H3/t13-/m1/s1. The van der Waals surface area contributed by atoms with Crippen LogP contribution in [0.5, 0.6) is 0 Å². The molecule has 0 N–H and O–H groups in total. The van der Waals surface area contributed by atoms with Crippen LogP contribution < -0.4 is 5.56 Å². The van der Waals surface area contributed by atoms with Gasteiger partial charge in [0.1, 0.15) is 5.69 Å². The smallest absolute Gasteiger partial charge is 0.267 e. The van der Waals surface area contributed by atoms with Gasteiger partial charge in [-0.1, -0.05) is 19.9 Å². The van der Waals surface area contributed by atoms with Crippen molar-refractivity contribution in [3.05, 3.63) is 40.0 Å². The molecule has 2 aromatic rings. The van der Waals surface area contributed by atoms with Crippen LogP contribution >= 0.6 is 11.3 Å². The number of thiophene rings is 1. The summed E-state index contributed by atoms with van der Waals surface area (Å²) in [5.41, 5.74) is 0.709. The van der Waals surface area contributed by atoms with Crippen molar-refractivity contribution in [3.63, 3.8) is 0 Å². The van der Waals surface area contributed by atoms with Crippen molar-refractivity contribution in [3.8, 4) is 10.6 Å². The highest BCUT2D eigenvalue weighted by Crippen LogP contribution is 2.24. The third-order valence-corrected chi connectivity index (χ3v) is 5.04. The molecule has 6 heteroatoms. The van der Waals surface area contributed by atoms with E-state index in [-0.39, 0.29) is 23.4 Å². The van der Waals surface area contributed by atoms with E-state index in [9.17, 15) is 9.59 Å². The van der Waals surface area contributed by atoms with Gasteiger partial charge in [0.25, 0.3) is 5.56 Å². The molecule has 122 valence electrons. The van der Waals surface area contributed by atoms with Gasteiger partial charge in [-0.3, -0.25) is 9.59 Å². The van der Waals surface area contributed by atoms with Crippen LogP contribution in [0.4, 0.5) is 0 Å². The summed E-state index contributed by atoms with van der Waals surface area (Å²) in [6.07, 6.45) is 1.78. The van der Waals surface area contributed by atoms with E-state index < -0.39 is 0 Å². The van der Waals surface area contributed by atoms with E-state index >= 15 is 0 Å². The summed E-state index contributed by atoms with van der Waals surface area (Å²) in [6.45, 7) is 5.16. The van der Waals surface area contributed by atoms with Crippen LogP contribution in [-0.2, 0) is 4.79 Å². The second kappa shape index (κ2) is 6.66. The van der Waals surface area contributed by atoms with Crippen LogP contribution in [0.2, 0.25) is 0 Å². The maximum atomic E-state index is 12.3. The van der Waals surface area contributed by atoms with Gasteiger partial charge in [0, 0.05) is 25.1 Å². The quantitative estimate of drug-likeness (QED) is 0.869. The average molecular weight is 331 g/mol. The number of rotatable bonds is 3. The van der Waals surface area contributed by atoms with E-state index in [1.54, 1.807) is 28.2 Å². The third kappa shape index (κ3) is 3.37. The molecule has 1 saturated heterocycles. The van der Waals surface area contributed by atoms with E-state index in [1.165, 1.54) is 0 Å². The van der Waals surface area contributed by atoms with Gasteiger partial charge < -0.3 is 4.90 Å². The Kier molecular flexibility index (Phi) is 4.61. The van der Waals surface area contributed by atoms with Gasteiger partial charge in [0.05, 0.1) is 10.9 Å². The largest absolute Gasteiger partial charge is 0.340 e. The zero-order valence-electron chi connectivity index (χ0n) is 13.4. The topological polar surface area (TPSA) is 55.2 Å². The number of hydrogen-bond donors (Lipinski definition) is 0. The minimum Gasteiger partial charge on any atom is -0.340 e. The highest BCUT2D eigenvalue weighted by molar-refractivity contribution is 7.13. The number of hydrogen-bond acceptors (Lipinski definition) is 4. The number of nitrogens with zero attached hydrogens (tertiary/aromatic N) is 3. The molecule has 0 spiro atoms. The van der Waals surface area contributed by atoms with Crippen LogP contribution in [0.1, 0.15) is 32.7 Å². The van der Waals surface area contributed by atoms with Gasteiger partial charge >= 0.3 is 0 Å². The molecule has 0 aromatic carbocycles. The van der Waals surface area contributed by atoms with Crippen LogP contribution in [0, 0.1) is 5.92 Å². The van der Waals surface area contributed by atoms with Crippen LogP contribution in [0.3, 0.4) is 0 Å². The monoisotopic (exact) mass is 331 g/mol. The average Bonchev–Trinajstić information content (AvgIpc) is 3.09. The molecule has 0 bridgehead atoms. The predicted molar refractivity (Wildman–Crippen MR) is 91.5 cm³/mol. The lowest BCUT2D eigenvalue weighted by atomic mass is 10.0. The molecule has 23 heavy (non-hydrogen) atoms. The maximum absolute atomic E-state index is 12.3. The maximum Gasteiger partial charge on any atom is 0.267 e. The number of carbonyl (C=O) groups is 1. The number of likely N-dealkylation sites (tertiary alicyclic amines) is 1. The Morgan fingerprint density at radius 3 is 2.87 bits per heavy atom. The first kappa shape index (κ1) is 15.9. The molecular formula is C17H21N3O2S. The van der Waals surface area contributed by atoms with Crippen LogP contribution in [0.15, 0.2) is 34.4 Å². The van der Waals surface area contributed by atoms with Crippen molar-refractivity contribution in [2.45, 2.75) is 32.7 Å². The lowest BCUT2D eigenvalue weighted by Crippen LogP contribution is -2.44. The fourth-order valence-electron chi connectivity index (χ4n) is 2.96. The van der Waals surface area contributed by atoms with Crippen molar-refractivity contribution >= 4 is 17.2 Å². The second-order valence-corrected chi connectivity index (χ2v) is 7.16. The summed E-state index contributed by atoms with van der Waals surface area (Å²) >= 11 is 1.60. The summed E-state index contributed by atoms with van der Waals surface area (Å²) < 4.78 is 1.56. The summed E-state index contributed by atoms with van der Waals surface area (Å²) in [5.74, 6) is 0.132. The minimum absolute atomic E-state index is 0.0177. The van der Waals surface area contributed by atoms with Gasteiger partial charge in [0.2, 0.25) is 5.91 Å². The molecule has 1 amide bonds. The highest BCUT2D eigenvalue weighted by Gasteiger charge is 2.27. The molecule has 1 aliphatic rings. The Morgan fingerprint density at radius 2 is 2.17 bits per heavy atom. The van der Waals surface area contributed by atoms with E-state index in [0.29, 0.717) is 6.54 Å². The van der Waals surface area contributed by atoms with Crippen molar-refractivity contribution in [2.75, 3.05) is 13.1 Å². The van der Waals surface area contributed by atoms with Gasteiger partial charge in [-0.2, -0.15) is 5.10 Å². The fourth-order valence-corrected chi connectivity index (χ4v) is 3.65. The highest BCUT2D eigenvalue weighted by atomic mass is 32.1. The van der Waals surface area contributed by atoms with Gasteiger partial charge in [0.15, 0.2) is 0 Å². The summed E-state index contributed by atoms with van der Waals surface area (Å²) in [4.78, 5) is 27.4. The van der Waals surface area contributed by atoms with Gasteiger partial charge in [-0.15, -0.1) is 11.3 Å². The lowest BCUT2D eigenvalue weighted by Gasteiger charge is -2.34. The van der Waals surface area contributed by atoms with E-state index in [4.69, 9.17) is 0 Å². The molecule has 5 nitrogen and oxygen atoms in total. The Labute approximate surface area is 139 Å². The predicted octanol–water partition coefficient (Wildman–Crippen LogP) is 2.79. The van der Waals surface area contributed by atoms with Crippen molar-refractivity contribution in [2.24, 2.45) is 5.92 Å². The molecule has 3 heterocycles. The van der Waals surface area contributed by atoms with Crippen LogP contribution in [-0.4, -0.2) is 33.7 Å². The molecule has 1 atom stereocenters. The van der Waals surface area contributed by atoms with E-state index in [1.807, 2.05) is 36.3 Å². The molecule has 3 rings (SSSR count). The first-order valence-electron chi connectivity index (χ1n) is 7.99.